The molecule has 0 bridgehead atoms. The Morgan fingerprint density at radius 3 is 2.67 bits per heavy atom. The third-order valence-corrected chi connectivity index (χ3v) is 15.4. The van der Waals surface area contributed by atoms with Crippen LogP contribution in [0.25, 0.3) is 5.31 Å². The van der Waals surface area contributed by atoms with E-state index in [0.717, 1.165) is 21.8 Å². The van der Waals surface area contributed by atoms with Gasteiger partial charge in [-0.2, -0.15) is 0 Å². The predicted molar refractivity (Wildman–Crippen MR) is 114 cm³/mol. The van der Waals surface area contributed by atoms with Crippen LogP contribution in [0.5, 0.6) is 0 Å². The van der Waals surface area contributed by atoms with Gasteiger partial charge in [-0.05, 0) is 0 Å². The fourth-order valence-corrected chi connectivity index (χ4v) is 14.3. The van der Waals surface area contributed by atoms with E-state index >= 15 is 0 Å². The van der Waals surface area contributed by atoms with E-state index in [0.29, 0.717) is 0 Å². The summed E-state index contributed by atoms with van der Waals surface area (Å²) in [5.74, 6) is 0.874. The van der Waals surface area contributed by atoms with E-state index in [2.05, 4.69) is 79.7 Å². The van der Waals surface area contributed by atoms with Crippen LogP contribution in [0.4, 0.5) is 0 Å². The summed E-state index contributed by atoms with van der Waals surface area (Å²) in [4.78, 5) is 0. The van der Waals surface area contributed by atoms with Gasteiger partial charge in [-0.15, -0.1) is 0 Å². The molecule has 2 aromatic carbocycles. The molecule has 0 radical (unpaired) electrons. The second-order valence-corrected chi connectivity index (χ2v) is 15.0. The van der Waals surface area contributed by atoms with Crippen LogP contribution in [0.2, 0.25) is 3.67 Å². The van der Waals surface area contributed by atoms with E-state index < -0.39 is 22.9 Å². The molecule has 2 heteroatoms. The van der Waals surface area contributed by atoms with Crippen LogP contribution >= 0.6 is 8.58 Å². The molecular formula is C25H25HfP. The quantitative estimate of drug-likeness (QED) is 0.305. The molecule has 0 nitrogen and oxygen atoms in total. The van der Waals surface area contributed by atoms with Crippen molar-refractivity contribution < 1.29 is 22.9 Å². The van der Waals surface area contributed by atoms with Gasteiger partial charge in [0.2, 0.25) is 0 Å². The molecule has 134 valence electrons. The van der Waals surface area contributed by atoms with Crippen molar-refractivity contribution >= 4 is 19.2 Å². The van der Waals surface area contributed by atoms with E-state index in [1.165, 1.54) is 24.6 Å². The van der Waals surface area contributed by atoms with Crippen molar-refractivity contribution in [3.05, 3.63) is 95.1 Å². The number of fused-ring (bicyclic) bond motifs is 2. The predicted octanol–water partition coefficient (Wildman–Crippen LogP) is 6.64. The average molecular weight is 535 g/mol. The summed E-state index contributed by atoms with van der Waals surface area (Å²) in [6.45, 7) is 2.45. The molecule has 1 saturated carbocycles. The first-order valence-electron chi connectivity index (χ1n) is 10.1. The molecule has 5 rings (SSSR count). The number of hydrogen-bond donors (Lipinski definition) is 0. The molecule has 0 spiro atoms. The summed E-state index contributed by atoms with van der Waals surface area (Å²) in [5.41, 5.74) is 6.75. The van der Waals surface area contributed by atoms with Crippen molar-refractivity contribution in [1.82, 2.24) is 0 Å². The van der Waals surface area contributed by atoms with Crippen molar-refractivity contribution in [1.29, 1.82) is 0 Å². The maximum absolute atomic E-state index is 2.48. The van der Waals surface area contributed by atoms with Crippen LogP contribution in [0.15, 0.2) is 84.0 Å². The van der Waals surface area contributed by atoms with Gasteiger partial charge < -0.3 is 0 Å². The normalized spacial score (nSPS) is 26.4. The average Bonchev–Trinajstić information content (AvgIpc) is 3.24. The van der Waals surface area contributed by atoms with Gasteiger partial charge in [0.1, 0.15) is 0 Å². The molecule has 0 heterocycles. The van der Waals surface area contributed by atoms with Gasteiger partial charge in [0, 0.05) is 0 Å². The molecule has 27 heavy (non-hydrogen) atoms. The molecule has 0 N–H and O–H groups in total. The zero-order chi connectivity index (χ0) is 18.2. The second kappa shape index (κ2) is 7.76. The fraction of sp³-hybridized carbons (Fsp3) is 0.280. The number of rotatable bonds is 4. The van der Waals surface area contributed by atoms with E-state index in [1.54, 1.807) is 22.0 Å². The van der Waals surface area contributed by atoms with Crippen LogP contribution in [0, 0.1) is 5.92 Å². The first-order chi connectivity index (χ1) is 13.3. The van der Waals surface area contributed by atoms with E-state index in [-0.39, 0.29) is 0 Å². The van der Waals surface area contributed by atoms with Gasteiger partial charge in [0.15, 0.2) is 0 Å². The first-order valence-corrected chi connectivity index (χ1v) is 15.2. The SMILES string of the molecule is CC1=C(Pc2ccccc2)c2ccccc2[CH]1[Hf][CH]1CCC2CC=CC=C21. The molecule has 3 aliphatic rings. The maximum atomic E-state index is 2.48. The van der Waals surface area contributed by atoms with Crippen molar-refractivity contribution in [3.8, 4) is 0 Å². The van der Waals surface area contributed by atoms with Gasteiger partial charge >= 0.3 is 177 Å². The Bertz CT molecular complexity index is 938. The molecule has 0 saturated heterocycles. The van der Waals surface area contributed by atoms with Gasteiger partial charge in [-0.3, -0.25) is 0 Å². The molecule has 3 aliphatic carbocycles. The topological polar surface area (TPSA) is 0 Å². The third-order valence-electron chi connectivity index (χ3n) is 6.30. The fourth-order valence-electron chi connectivity index (χ4n) is 4.91. The number of benzene rings is 2. The zero-order valence-corrected chi connectivity index (χ0v) is 20.4. The molecule has 4 atom stereocenters. The van der Waals surface area contributed by atoms with Crippen LogP contribution < -0.4 is 5.30 Å². The standard InChI is InChI=1S/C16H14P.C9H11.Hf/c1-12-11-13-7-5-6-10-15(13)16(12)17-14-8-3-2-4-9-14;1-2-5-9-7-3-6-8(9)4-1;/h2-11,17H,1H3;1-2,4,6,9H,3,5,7H2;. The van der Waals surface area contributed by atoms with Gasteiger partial charge in [0.05, 0.1) is 0 Å². The van der Waals surface area contributed by atoms with Gasteiger partial charge in [-0.25, -0.2) is 0 Å². The van der Waals surface area contributed by atoms with Crippen molar-refractivity contribution in [2.75, 3.05) is 0 Å². The first kappa shape index (κ1) is 18.0. The summed E-state index contributed by atoms with van der Waals surface area (Å²) >= 11 is -0.845. The molecule has 4 unspecified atom stereocenters. The van der Waals surface area contributed by atoms with E-state index in [9.17, 15) is 0 Å². The minimum atomic E-state index is -0.845. The Labute approximate surface area is 176 Å². The van der Waals surface area contributed by atoms with Gasteiger partial charge in [-0.1, -0.05) is 0 Å². The molecule has 1 fully saturated rings. The Balaban J connectivity index is 1.47. The summed E-state index contributed by atoms with van der Waals surface area (Å²) < 4.78 is 1.76. The van der Waals surface area contributed by atoms with Crippen LogP contribution in [0.1, 0.15) is 41.0 Å². The van der Waals surface area contributed by atoms with E-state index in [4.69, 9.17) is 0 Å². The van der Waals surface area contributed by atoms with Crippen LogP contribution in [-0.4, -0.2) is 0 Å². The number of hydrogen-bond acceptors (Lipinski definition) is 0. The monoisotopic (exact) mass is 536 g/mol. The van der Waals surface area contributed by atoms with E-state index in [1.807, 2.05) is 5.57 Å². The summed E-state index contributed by atoms with van der Waals surface area (Å²) in [5, 5.41) is 3.11. The Hall–Kier alpha value is -1.04. The molecular weight excluding hydrogens is 510 g/mol. The summed E-state index contributed by atoms with van der Waals surface area (Å²) in [6.07, 6.45) is 11.4. The second-order valence-electron chi connectivity index (χ2n) is 7.89. The Kier molecular flexibility index (Phi) is 5.18. The third kappa shape index (κ3) is 3.43. The van der Waals surface area contributed by atoms with Crippen molar-refractivity contribution in [3.63, 3.8) is 0 Å². The van der Waals surface area contributed by atoms with Crippen LogP contribution in [0.3, 0.4) is 0 Å². The molecule has 0 aromatic heterocycles. The van der Waals surface area contributed by atoms with Crippen molar-refractivity contribution in [2.45, 2.75) is 33.5 Å². The Morgan fingerprint density at radius 1 is 0.963 bits per heavy atom. The summed E-state index contributed by atoms with van der Waals surface area (Å²) in [6, 6.07) is 20.4. The van der Waals surface area contributed by atoms with Crippen LogP contribution in [-0.2, 0) is 22.9 Å². The molecule has 0 amide bonds. The zero-order valence-electron chi connectivity index (χ0n) is 15.8. The minimum absolute atomic E-state index is 0.790. The number of allylic oxidation sites excluding steroid dienone is 5. The molecule has 0 aliphatic heterocycles. The molecule has 2 aromatic rings. The van der Waals surface area contributed by atoms with Gasteiger partial charge in [0.25, 0.3) is 0 Å². The summed E-state index contributed by atoms with van der Waals surface area (Å²) in [7, 11) is 0.790. The van der Waals surface area contributed by atoms with Crippen molar-refractivity contribution in [2.24, 2.45) is 5.92 Å². The Morgan fingerprint density at radius 2 is 1.78 bits per heavy atom.